The van der Waals surface area contributed by atoms with Gasteiger partial charge < -0.3 is 5.32 Å². The van der Waals surface area contributed by atoms with Crippen molar-refractivity contribution in [2.75, 3.05) is 11.9 Å². The third-order valence-electron chi connectivity index (χ3n) is 4.51. The van der Waals surface area contributed by atoms with Crippen LogP contribution in [0.1, 0.15) is 41.0 Å². The standard InChI is InChI=1S/C13H24BrNO/c1-9(6-7-14)8-15-11(16)10-12(2,3)13(10,4)5/h9-10H,6-8H2,1-5H3,(H,15,16). The monoisotopic (exact) mass is 289 g/mol. The molecule has 0 aromatic carbocycles. The minimum atomic E-state index is 0.149. The number of nitrogens with one attached hydrogen (secondary N) is 1. The van der Waals surface area contributed by atoms with Crippen molar-refractivity contribution in [3.8, 4) is 0 Å². The molecular weight excluding hydrogens is 266 g/mol. The predicted molar refractivity (Wildman–Crippen MR) is 71.6 cm³/mol. The molecule has 1 fully saturated rings. The van der Waals surface area contributed by atoms with Gasteiger partial charge in [0, 0.05) is 17.8 Å². The molecular formula is C13H24BrNO. The first kappa shape index (κ1) is 14.0. The maximum Gasteiger partial charge on any atom is 0.224 e. The zero-order valence-electron chi connectivity index (χ0n) is 11.1. The zero-order chi connectivity index (χ0) is 12.6. The summed E-state index contributed by atoms with van der Waals surface area (Å²) in [4.78, 5) is 12.0. The van der Waals surface area contributed by atoms with Crippen molar-refractivity contribution < 1.29 is 4.79 Å². The van der Waals surface area contributed by atoms with Crippen LogP contribution in [-0.2, 0) is 4.79 Å². The Bertz CT molecular complexity index is 259. The van der Waals surface area contributed by atoms with Crippen molar-refractivity contribution in [1.29, 1.82) is 0 Å². The van der Waals surface area contributed by atoms with Crippen LogP contribution in [0.5, 0.6) is 0 Å². The molecule has 3 heteroatoms. The summed E-state index contributed by atoms with van der Waals surface area (Å²) < 4.78 is 0. The molecule has 0 heterocycles. The highest BCUT2D eigenvalue weighted by Crippen LogP contribution is 2.68. The molecule has 0 spiro atoms. The fourth-order valence-electron chi connectivity index (χ4n) is 2.52. The molecule has 0 radical (unpaired) electrons. The highest BCUT2D eigenvalue weighted by atomic mass is 79.9. The number of carbonyl (C=O) groups is 1. The van der Waals surface area contributed by atoms with E-state index in [1.54, 1.807) is 0 Å². The SMILES string of the molecule is CC(CCBr)CNC(=O)C1C(C)(C)C1(C)C. The molecule has 0 aromatic rings. The Morgan fingerprint density at radius 3 is 2.19 bits per heavy atom. The Morgan fingerprint density at radius 1 is 1.31 bits per heavy atom. The average Bonchev–Trinajstić information content (AvgIpc) is 2.54. The molecule has 0 bridgehead atoms. The highest BCUT2D eigenvalue weighted by molar-refractivity contribution is 9.09. The molecule has 1 saturated carbocycles. The molecule has 1 N–H and O–H groups in total. The lowest BCUT2D eigenvalue weighted by atomic mass is 10.0. The largest absolute Gasteiger partial charge is 0.356 e. The van der Waals surface area contributed by atoms with E-state index in [2.05, 4.69) is 55.9 Å². The third-order valence-corrected chi connectivity index (χ3v) is 4.97. The van der Waals surface area contributed by atoms with Crippen molar-refractivity contribution in [2.45, 2.75) is 41.0 Å². The minimum Gasteiger partial charge on any atom is -0.356 e. The van der Waals surface area contributed by atoms with Crippen molar-refractivity contribution in [1.82, 2.24) is 5.32 Å². The fraction of sp³-hybridized carbons (Fsp3) is 0.923. The van der Waals surface area contributed by atoms with Gasteiger partial charge in [0.15, 0.2) is 0 Å². The molecule has 1 atom stereocenters. The van der Waals surface area contributed by atoms with Gasteiger partial charge in [0.05, 0.1) is 0 Å². The number of alkyl halides is 1. The molecule has 0 saturated heterocycles. The molecule has 1 amide bonds. The van der Waals surface area contributed by atoms with Gasteiger partial charge in [-0.1, -0.05) is 50.5 Å². The average molecular weight is 290 g/mol. The lowest BCUT2D eigenvalue weighted by molar-refractivity contribution is -0.123. The van der Waals surface area contributed by atoms with Gasteiger partial charge in [-0.3, -0.25) is 4.79 Å². The van der Waals surface area contributed by atoms with Gasteiger partial charge in [-0.2, -0.15) is 0 Å². The molecule has 1 aliphatic rings. The summed E-state index contributed by atoms with van der Waals surface area (Å²) in [6.45, 7) is 11.7. The van der Waals surface area contributed by atoms with Crippen LogP contribution in [0.15, 0.2) is 0 Å². The molecule has 2 nitrogen and oxygen atoms in total. The van der Waals surface area contributed by atoms with Gasteiger partial charge in [-0.05, 0) is 23.2 Å². The van der Waals surface area contributed by atoms with Crippen molar-refractivity contribution in [2.24, 2.45) is 22.7 Å². The minimum absolute atomic E-state index is 0.149. The predicted octanol–water partition coefficient (Wildman–Crippen LogP) is 3.21. The van der Waals surface area contributed by atoms with Crippen LogP contribution in [0.2, 0.25) is 0 Å². The van der Waals surface area contributed by atoms with E-state index in [0.717, 1.165) is 18.3 Å². The lowest BCUT2D eigenvalue weighted by Gasteiger charge is -2.11. The van der Waals surface area contributed by atoms with E-state index in [9.17, 15) is 4.79 Å². The van der Waals surface area contributed by atoms with Crippen LogP contribution in [0.4, 0.5) is 0 Å². The van der Waals surface area contributed by atoms with E-state index in [0.29, 0.717) is 5.92 Å². The maximum absolute atomic E-state index is 12.0. The Hall–Kier alpha value is -0.0500. The van der Waals surface area contributed by atoms with E-state index in [1.165, 1.54) is 0 Å². The summed E-state index contributed by atoms with van der Waals surface area (Å²) in [6.07, 6.45) is 1.11. The summed E-state index contributed by atoms with van der Waals surface area (Å²) in [5.74, 6) is 0.959. The summed E-state index contributed by atoms with van der Waals surface area (Å²) in [5.41, 5.74) is 0.297. The van der Waals surface area contributed by atoms with Crippen molar-refractivity contribution >= 4 is 21.8 Å². The highest BCUT2D eigenvalue weighted by Gasteiger charge is 2.68. The maximum atomic E-state index is 12.0. The quantitative estimate of drug-likeness (QED) is 0.774. The van der Waals surface area contributed by atoms with Gasteiger partial charge in [0.1, 0.15) is 0 Å². The number of halogens is 1. The number of carbonyl (C=O) groups excluding carboxylic acids is 1. The summed E-state index contributed by atoms with van der Waals surface area (Å²) in [5, 5.41) is 4.09. The van der Waals surface area contributed by atoms with Crippen LogP contribution in [0.3, 0.4) is 0 Å². The van der Waals surface area contributed by atoms with Gasteiger partial charge in [-0.25, -0.2) is 0 Å². The normalized spacial score (nSPS) is 23.9. The van der Waals surface area contributed by atoms with Crippen LogP contribution < -0.4 is 5.32 Å². The van der Waals surface area contributed by atoms with E-state index in [1.807, 2.05) is 0 Å². The summed E-state index contributed by atoms with van der Waals surface area (Å²) in [6, 6.07) is 0. The van der Waals surface area contributed by atoms with Crippen LogP contribution in [0, 0.1) is 22.7 Å². The second-order valence-corrected chi connectivity index (χ2v) is 7.00. The van der Waals surface area contributed by atoms with E-state index in [-0.39, 0.29) is 22.7 Å². The molecule has 94 valence electrons. The van der Waals surface area contributed by atoms with E-state index < -0.39 is 0 Å². The van der Waals surface area contributed by atoms with Gasteiger partial charge in [0.2, 0.25) is 5.91 Å². The van der Waals surface area contributed by atoms with Crippen LogP contribution in [0.25, 0.3) is 0 Å². The first-order chi connectivity index (χ1) is 7.25. The second kappa shape index (κ2) is 4.67. The van der Waals surface area contributed by atoms with Gasteiger partial charge >= 0.3 is 0 Å². The fourth-order valence-corrected chi connectivity index (χ4v) is 3.30. The molecule has 1 rings (SSSR count). The Balaban J connectivity index is 2.39. The smallest absolute Gasteiger partial charge is 0.224 e. The topological polar surface area (TPSA) is 29.1 Å². The zero-order valence-corrected chi connectivity index (χ0v) is 12.6. The first-order valence-corrected chi connectivity index (χ1v) is 7.21. The van der Waals surface area contributed by atoms with Gasteiger partial charge in [-0.15, -0.1) is 0 Å². The Labute approximate surface area is 108 Å². The first-order valence-electron chi connectivity index (χ1n) is 6.08. The second-order valence-electron chi connectivity index (χ2n) is 6.20. The summed E-state index contributed by atoms with van der Waals surface area (Å²) in [7, 11) is 0. The Kier molecular flexibility index (Phi) is 4.09. The number of hydrogen-bond acceptors (Lipinski definition) is 1. The lowest BCUT2D eigenvalue weighted by Crippen LogP contribution is -2.31. The molecule has 1 unspecified atom stereocenters. The molecule has 0 aliphatic heterocycles. The van der Waals surface area contributed by atoms with E-state index >= 15 is 0 Å². The number of hydrogen-bond donors (Lipinski definition) is 1. The summed E-state index contributed by atoms with van der Waals surface area (Å²) >= 11 is 3.42. The molecule has 16 heavy (non-hydrogen) atoms. The van der Waals surface area contributed by atoms with E-state index in [4.69, 9.17) is 0 Å². The van der Waals surface area contributed by atoms with Gasteiger partial charge in [0.25, 0.3) is 0 Å². The van der Waals surface area contributed by atoms with Crippen molar-refractivity contribution in [3.63, 3.8) is 0 Å². The third kappa shape index (κ3) is 2.44. The number of rotatable bonds is 5. The molecule has 1 aliphatic carbocycles. The molecule has 0 aromatic heterocycles. The number of amides is 1. The van der Waals surface area contributed by atoms with Crippen LogP contribution >= 0.6 is 15.9 Å². The van der Waals surface area contributed by atoms with Crippen molar-refractivity contribution in [3.05, 3.63) is 0 Å². The van der Waals surface area contributed by atoms with Crippen LogP contribution in [-0.4, -0.2) is 17.8 Å². The Morgan fingerprint density at radius 2 is 1.81 bits per heavy atom.